The Morgan fingerprint density at radius 3 is 3.00 bits per heavy atom. The van der Waals surface area contributed by atoms with Gasteiger partial charge < -0.3 is 10.6 Å². The summed E-state index contributed by atoms with van der Waals surface area (Å²) in [6.45, 7) is 2.16. The lowest BCUT2D eigenvalue weighted by Gasteiger charge is -2.33. The molecule has 0 aromatic carbocycles. The van der Waals surface area contributed by atoms with Crippen LogP contribution in [0.25, 0.3) is 0 Å². The number of nitrogens with one attached hydrogen (secondary N) is 2. The molecule has 0 saturated carbocycles. The van der Waals surface area contributed by atoms with Crippen molar-refractivity contribution < 1.29 is 4.79 Å². The van der Waals surface area contributed by atoms with E-state index in [0.29, 0.717) is 17.3 Å². The third-order valence-corrected chi connectivity index (χ3v) is 3.44. The van der Waals surface area contributed by atoms with E-state index in [1.165, 1.54) is 0 Å². The molecule has 1 aliphatic heterocycles. The van der Waals surface area contributed by atoms with Crippen LogP contribution in [0.5, 0.6) is 0 Å². The van der Waals surface area contributed by atoms with Gasteiger partial charge in [0.05, 0.1) is 6.04 Å². The summed E-state index contributed by atoms with van der Waals surface area (Å²) in [5.41, 5.74) is 2.04. The van der Waals surface area contributed by atoms with E-state index in [9.17, 15) is 4.79 Å². The second-order valence-corrected chi connectivity index (χ2v) is 4.87. The Labute approximate surface area is 102 Å². The smallest absolute Gasteiger partial charge is 0.171 e. The van der Waals surface area contributed by atoms with Gasteiger partial charge in [0.25, 0.3) is 0 Å². The molecule has 0 fully saturated rings. The van der Waals surface area contributed by atoms with Crippen molar-refractivity contribution in [3.05, 3.63) is 11.3 Å². The standard InChI is InChI=1S/C12H18N2OS/c1-2-3-5-8-11-9(14-12(16)13-8)6-4-7-10(11)15/h8H,2-7H2,1H3,(H2,13,14,16). The summed E-state index contributed by atoms with van der Waals surface area (Å²) >= 11 is 5.17. The maximum atomic E-state index is 11.9. The van der Waals surface area contributed by atoms with Crippen LogP contribution in [-0.2, 0) is 4.79 Å². The molecule has 0 spiro atoms. The Morgan fingerprint density at radius 1 is 1.44 bits per heavy atom. The molecule has 0 aromatic rings. The topological polar surface area (TPSA) is 41.1 Å². The highest BCUT2D eigenvalue weighted by Gasteiger charge is 2.31. The molecule has 4 heteroatoms. The van der Waals surface area contributed by atoms with Crippen LogP contribution in [0.2, 0.25) is 0 Å². The molecule has 0 aromatic heterocycles. The molecular formula is C12H18N2OS. The average Bonchev–Trinajstić information content (AvgIpc) is 2.25. The summed E-state index contributed by atoms with van der Waals surface area (Å²) in [5.74, 6) is 0.296. The van der Waals surface area contributed by atoms with Crippen molar-refractivity contribution >= 4 is 23.1 Å². The van der Waals surface area contributed by atoms with E-state index >= 15 is 0 Å². The van der Waals surface area contributed by atoms with Crippen molar-refractivity contribution in [1.29, 1.82) is 0 Å². The summed E-state index contributed by atoms with van der Waals surface area (Å²) < 4.78 is 0. The number of rotatable bonds is 3. The van der Waals surface area contributed by atoms with E-state index < -0.39 is 0 Å². The van der Waals surface area contributed by atoms with E-state index in [-0.39, 0.29) is 6.04 Å². The molecule has 3 nitrogen and oxygen atoms in total. The van der Waals surface area contributed by atoms with Gasteiger partial charge in [-0.15, -0.1) is 0 Å². The lowest BCUT2D eigenvalue weighted by molar-refractivity contribution is -0.116. The van der Waals surface area contributed by atoms with Crippen molar-refractivity contribution in [2.24, 2.45) is 0 Å². The second kappa shape index (κ2) is 4.95. The zero-order valence-electron chi connectivity index (χ0n) is 9.64. The lowest BCUT2D eigenvalue weighted by atomic mass is 9.86. The minimum absolute atomic E-state index is 0.150. The largest absolute Gasteiger partial charge is 0.355 e. The van der Waals surface area contributed by atoms with Gasteiger partial charge in [-0.2, -0.15) is 0 Å². The van der Waals surface area contributed by atoms with Crippen molar-refractivity contribution in [2.45, 2.75) is 51.5 Å². The maximum absolute atomic E-state index is 11.9. The molecule has 1 atom stereocenters. The normalized spacial score (nSPS) is 24.9. The molecule has 1 unspecified atom stereocenters. The first-order valence-corrected chi connectivity index (χ1v) is 6.47. The monoisotopic (exact) mass is 238 g/mol. The highest BCUT2D eigenvalue weighted by atomic mass is 32.1. The van der Waals surface area contributed by atoms with E-state index in [4.69, 9.17) is 12.2 Å². The van der Waals surface area contributed by atoms with Crippen LogP contribution in [-0.4, -0.2) is 16.9 Å². The number of unbranched alkanes of at least 4 members (excludes halogenated alkanes) is 1. The molecule has 0 saturated heterocycles. The SMILES string of the molecule is CCCCC1NC(=S)NC2=C1C(=O)CCC2. The van der Waals surface area contributed by atoms with Crippen molar-refractivity contribution in [1.82, 2.24) is 10.6 Å². The van der Waals surface area contributed by atoms with Gasteiger partial charge in [0.15, 0.2) is 10.9 Å². The first kappa shape index (κ1) is 11.6. The summed E-state index contributed by atoms with van der Waals surface area (Å²) in [6.07, 6.45) is 5.89. The number of carbonyl (C=O) groups excluding carboxylic acids is 1. The van der Waals surface area contributed by atoms with Crippen LogP contribution < -0.4 is 10.6 Å². The molecule has 1 aliphatic carbocycles. The zero-order valence-corrected chi connectivity index (χ0v) is 10.5. The second-order valence-electron chi connectivity index (χ2n) is 4.46. The summed E-state index contributed by atoms with van der Waals surface area (Å²) in [5, 5.41) is 7.03. The fourth-order valence-electron chi connectivity index (χ4n) is 2.43. The van der Waals surface area contributed by atoms with Gasteiger partial charge in [0, 0.05) is 17.7 Å². The van der Waals surface area contributed by atoms with E-state index in [0.717, 1.165) is 43.4 Å². The molecule has 0 radical (unpaired) electrons. The van der Waals surface area contributed by atoms with E-state index in [1.807, 2.05) is 0 Å². The molecule has 2 aliphatic rings. The van der Waals surface area contributed by atoms with Crippen molar-refractivity contribution in [3.8, 4) is 0 Å². The number of hydrogen-bond acceptors (Lipinski definition) is 2. The third-order valence-electron chi connectivity index (χ3n) is 3.22. The van der Waals surface area contributed by atoms with Crippen LogP contribution in [0.3, 0.4) is 0 Å². The first-order chi connectivity index (χ1) is 7.72. The van der Waals surface area contributed by atoms with Gasteiger partial charge in [-0.3, -0.25) is 4.79 Å². The Kier molecular flexibility index (Phi) is 3.59. The number of carbonyl (C=O) groups is 1. The number of hydrogen-bond donors (Lipinski definition) is 2. The summed E-state index contributed by atoms with van der Waals surface area (Å²) in [6, 6.07) is 0.150. The summed E-state index contributed by atoms with van der Waals surface area (Å²) in [7, 11) is 0. The van der Waals surface area contributed by atoms with Gasteiger partial charge in [-0.1, -0.05) is 19.8 Å². The fourth-order valence-corrected chi connectivity index (χ4v) is 2.69. The highest BCUT2D eigenvalue weighted by Crippen LogP contribution is 2.27. The van der Waals surface area contributed by atoms with Crippen molar-refractivity contribution in [3.63, 3.8) is 0 Å². The van der Waals surface area contributed by atoms with E-state index in [1.54, 1.807) is 0 Å². The Hall–Kier alpha value is -0.900. The minimum atomic E-state index is 0.150. The molecule has 2 rings (SSSR count). The van der Waals surface area contributed by atoms with Crippen LogP contribution in [0.1, 0.15) is 45.4 Å². The van der Waals surface area contributed by atoms with Gasteiger partial charge in [0.1, 0.15) is 0 Å². The quantitative estimate of drug-likeness (QED) is 0.738. The third kappa shape index (κ3) is 2.26. The number of allylic oxidation sites excluding steroid dienone is 1. The van der Waals surface area contributed by atoms with E-state index in [2.05, 4.69) is 17.6 Å². The van der Waals surface area contributed by atoms with Crippen LogP contribution in [0.4, 0.5) is 0 Å². The Balaban J connectivity index is 2.21. The molecule has 88 valence electrons. The minimum Gasteiger partial charge on any atom is -0.355 e. The average molecular weight is 238 g/mol. The number of ketones is 1. The zero-order chi connectivity index (χ0) is 11.5. The predicted octanol–water partition coefficient (Wildman–Crippen LogP) is 2.03. The Morgan fingerprint density at radius 2 is 2.25 bits per heavy atom. The fraction of sp³-hybridized carbons (Fsp3) is 0.667. The molecule has 16 heavy (non-hydrogen) atoms. The molecule has 0 amide bonds. The molecular weight excluding hydrogens is 220 g/mol. The van der Waals surface area contributed by atoms with Gasteiger partial charge in [0.2, 0.25) is 0 Å². The number of Topliss-reactive ketones (excluding diaryl/α,β-unsaturated/α-hetero) is 1. The van der Waals surface area contributed by atoms with Crippen molar-refractivity contribution in [2.75, 3.05) is 0 Å². The molecule has 0 bridgehead atoms. The molecule has 1 heterocycles. The summed E-state index contributed by atoms with van der Waals surface area (Å²) in [4.78, 5) is 11.9. The maximum Gasteiger partial charge on any atom is 0.171 e. The van der Waals surface area contributed by atoms with Crippen LogP contribution >= 0.6 is 12.2 Å². The first-order valence-electron chi connectivity index (χ1n) is 6.06. The van der Waals surface area contributed by atoms with Crippen LogP contribution in [0, 0.1) is 0 Å². The van der Waals surface area contributed by atoms with Crippen LogP contribution in [0.15, 0.2) is 11.3 Å². The Bertz CT molecular complexity index is 349. The number of thiocarbonyl (C=S) groups is 1. The lowest BCUT2D eigenvalue weighted by Crippen LogP contribution is -2.50. The molecule has 2 N–H and O–H groups in total. The van der Waals surface area contributed by atoms with Gasteiger partial charge >= 0.3 is 0 Å². The highest BCUT2D eigenvalue weighted by molar-refractivity contribution is 7.80. The predicted molar refractivity (Wildman–Crippen MR) is 68.1 cm³/mol. The van der Waals surface area contributed by atoms with Gasteiger partial charge in [-0.25, -0.2) is 0 Å². The van der Waals surface area contributed by atoms with Gasteiger partial charge in [-0.05, 0) is 31.5 Å².